The van der Waals surface area contributed by atoms with E-state index < -0.39 is 0 Å². The van der Waals surface area contributed by atoms with E-state index in [2.05, 4.69) is 59.9 Å². The van der Waals surface area contributed by atoms with Crippen molar-refractivity contribution in [2.24, 2.45) is 5.84 Å². The van der Waals surface area contributed by atoms with Crippen molar-refractivity contribution in [2.75, 3.05) is 10.7 Å². The Balaban J connectivity index is 2.21. The second-order valence-corrected chi connectivity index (χ2v) is 6.74. The molecule has 2 aromatic heterocycles. The van der Waals surface area contributed by atoms with Crippen LogP contribution in [0.5, 0.6) is 0 Å². The topological polar surface area (TPSA) is 75.9 Å². The summed E-state index contributed by atoms with van der Waals surface area (Å²) >= 11 is 1.74. The van der Waals surface area contributed by atoms with E-state index in [1.807, 2.05) is 6.07 Å². The molecule has 108 valence electrons. The Morgan fingerprint density at radius 1 is 1.25 bits per heavy atom. The lowest BCUT2D eigenvalue weighted by atomic mass is 9.96. The Bertz CT molecular complexity index is 585. The third kappa shape index (κ3) is 3.46. The third-order valence-corrected chi connectivity index (χ3v) is 3.97. The minimum absolute atomic E-state index is 0.123. The number of nitrogen functional groups attached to an aromatic ring is 1. The number of hydrogen-bond acceptors (Lipinski definition) is 6. The quantitative estimate of drug-likeness (QED) is 0.596. The summed E-state index contributed by atoms with van der Waals surface area (Å²) in [6.45, 7) is 9.11. The van der Waals surface area contributed by atoms with Gasteiger partial charge in [0.25, 0.3) is 0 Å². The van der Waals surface area contributed by atoms with Crippen molar-refractivity contribution in [1.82, 2.24) is 9.97 Å². The van der Waals surface area contributed by atoms with Crippen LogP contribution in [0.2, 0.25) is 0 Å². The molecule has 0 aromatic carbocycles. The van der Waals surface area contributed by atoms with Crippen molar-refractivity contribution >= 4 is 23.0 Å². The number of anilines is 2. The SMILES string of the molecule is Cc1ccsc1CNc1cc(NN)nc(C(C)(C)C)n1. The average molecular weight is 291 g/mol. The maximum Gasteiger partial charge on any atom is 0.145 e. The normalized spacial score (nSPS) is 11.4. The monoisotopic (exact) mass is 291 g/mol. The van der Waals surface area contributed by atoms with Crippen LogP contribution < -0.4 is 16.6 Å². The minimum Gasteiger partial charge on any atom is -0.365 e. The first-order chi connectivity index (χ1) is 9.40. The number of hydrogen-bond donors (Lipinski definition) is 3. The second-order valence-electron chi connectivity index (χ2n) is 5.74. The molecular weight excluding hydrogens is 270 g/mol. The summed E-state index contributed by atoms with van der Waals surface area (Å²) in [6, 6.07) is 3.94. The fourth-order valence-corrected chi connectivity index (χ4v) is 2.55. The fraction of sp³-hybridized carbons (Fsp3) is 0.429. The van der Waals surface area contributed by atoms with Gasteiger partial charge in [0.05, 0.1) is 6.54 Å². The van der Waals surface area contributed by atoms with E-state index >= 15 is 0 Å². The van der Waals surface area contributed by atoms with E-state index in [-0.39, 0.29) is 5.41 Å². The van der Waals surface area contributed by atoms with Crippen LogP contribution in [-0.2, 0) is 12.0 Å². The van der Waals surface area contributed by atoms with E-state index in [4.69, 9.17) is 5.84 Å². The molecule has 0 unspecified atom stereocenters. The van der Waals surface area contributed by atoms with E-state index in [1.54, 1.807) is 11.3 Å². The minimum atomic E-state index is -0.123. The number of nitrogens with one attached hydrogen (secondary N) is 2. The molecule has 6 heteroatoms. The van der Waals surface area contributed by atoms with Gasteiger partial charge in [-0.05, 0) is 23.9 Å². The molecule has 5 nitrogen and oxygen atoms in total. The molecule has 2 heterocycles. The summed E-state index contributed by atoms with van der Waals surface area (Å²) < 4.78 is 0. The van der Waals surface area contributed by atoms with Gasteiger partial charge >= 0.3 is 0 Å². The molecule has 2 aromatic rings. The highest BCUT2D eigenvalue weighted by atomic mass is 32.1. The molecule has 20 heavy (non-hydrogen) atoms. The predicted molar refractivity (Wildman–Crippen MR) is 84.9 cm³/mol. The zero-order valence-electron chi connectivity index (χ0n) is 12.3. The van der Waals surface area contributed by atoms with Crippen LogP contribution in [0.15, 0.2) is 17.5 Å². The zero-order chi connectivity index (χ0) is 14.8. The van der Waals surface area contributed by atoms with Gasteiger partial charge in [-0.3, -0.25) is 0 Å². The third-order valence-electron chi connectivity index (χ3n) is 2.94. The van der Waals surface area contributed by atoms with Gasteiger partial charge < -0.3 is 10.7 Å². The smallest absolute Gasteiger partial charge is 0.145 e. The lowest BCUT2D eigenvalue weighted by Gasteiger charge is -2.18. The van der Waals surface area contributed by atoms with Crippen molar-refractivity contribution in [3.63, 3.8) is 0 Å². The first-order valence-electron chi connectivity index (χ1n) is 6.53. The Morgan fingerprint density at radius 2 is 1.95 bits per heavy atom. The fourth-order valence-electron chi connectivity index (χ4n) is 1.70. The van der Waals surface area contributed by atoms with Gasteiger partial charge in [-0.15, -0.1) is 11.3 Å². The van der Waals surface area contributed by atoms with Crippen LogP contribution in [0.4, 0.5) is 11.6 Å². The van der Waals surface area contributed by atoms with Crippen LogP contribution in [0.25, 0.3) is 0 Å². The van der Waals surface area contributed by atoms with Gasteiger partial charge in [0.1, 0.15) is 17.5 Å². The number of nitrogens with two attached hydrogens (primary N) is 1. The molecule has 2 rings (SSSR count). The van der Waals surface area contributed by atoms with Crippen LogP contribution in [-0.4, -0.2) is 9.97 Å². The summed E-state index contributed by atoms with van der Waals surface area (Å²) in [6.07, 6.45) is 0. The van der Waals surface area contributed by atoms with Crippen LogP contribution in [0.1, 0.15) is 37.0 Å². The summed E-state index contributed by atoms with van der Waals surface area (Å²) in [7, 11) is 0. The van der Waals surface area contributed by atoms with Gasteiger partial charge in [-0.25, -0.2) is 15.8 Å². The van der Waals surface area contributed by atoms with E-state index in [0.29, 0.717) is 5.82 Å². The van der Waals surface area contributed by atoms with Gasteiger partial charge in [0, 0.05) is 16.4 Å². The summed E-state index contributed by atoms with van der Waals surface area (Å²) in [4.78, 5) is 10.3. The molecule has 0 amide bonds. The molecule has 0 atom stereocenters. The largest absolute Gasteiger partial charge is 0.365 e. The molecular formula is C14H21N5S. The van der Waals surface area contributed by atoms with Crippen molar-refractivity contribution in [3.05, 3.63) is 33.8 Å². The van der Waals surface area contributed by atoms with Crippen molar-refractivity contribution < 1.29 is 0 Å². The average Bonchev–Trinajstić information content (AvgIpc) is 2.80. The zero-order valence-corrected chi connectivity index (χ0v) is 13.1. The number of rotatable bonds is 4. The van der Waals surface area contributed by atoms with Crippen molar-refractivity contribution in [1.29, 1.82) is 0 Å². The molecule has 0 saturated heterocycles. The molecule has 4 N–H and O–H groups in total. The maximum absolute atomic E-state index is 5.48. The highest BCUT2D eigenvalue weighted by molar-refractivity contribution is 7.10. The molecule has 0 bridgehead atoms. The van der Waals surface area contributed by atoms with E-state index in [9.17, 15) is 0 Å². The lowest BCUT2D eigenvalue weighted by Crippen LogP contribution is -2.20. The molecule has 0 aliphatic heterocycles. The van der Waals surface area contributed by atoms with Gasteiger partial charge in [0.15, 0.2) is 0 Å². The van der Waals surface area contributed by atoms with Crippen LogP contribution in [0.3, 0.4) is 0 Å². The van der Waals surface area contributed by atoms with Crippen LogP contribution >= 0.6 is 11.3 Å². The molecule has 0 aliphatic carbocycles. The highest BCUT2D eigenvalue weighted by Gasteiger charge is 2.19. The molecule has 0 radical (unpaired) electrons. The molecule has 0 aliphatic rings. The first-order valence-corrected chi connectivity index (χ1v) is 7.41. The van der Waals surface area contributed by atoms with Gasteiger partial charge in [-0.1, -0.05) is 20.8 Å². The number of nitrogens with zero attached hydrogens (tertiary/aromatic N) is 2. The van der Waals surface area contributed by atoms with Crippen molar-refractivity contribution in [2.45, 2.75) is 39.7 Å². The highest BCUT2D eigenvalue weighted by Crippen LogP contribution is 2.23. The van der Waals surface area contributed by atoms with Crippen LogP contribution in [0, 0.1) is 6.92 Å². The first kappa shape index (κ1) is 14.7. The Labute approximate surface area is 123 Å². The Kier molecular flexibility index (Phi) is 4.25. The molecule has 0 saturated carbocycles. The number of aromatic nitrogens is 2. The predicted octanol–water partition coefficient (Wildman–Crippen LogP) is 3.04. The van der Waals surface area contributed by atoms with Crippen molar-refractivity contribution in [3.8, 4) is 0 Å². The maximum atomic E-state index is 5.48. The summed E-state index contributed by atoms with van der Waals surface area (Å²) in [5.74, 6) is 7.65. The summed E-state index contributed by atoms with van der Waals surface area (Å²) in [5, 5.41) is 5.44. The number of hydrazine groups is 1. The van der Waals surface area contributed by atoms with Gasteiger partial charge in [0.2, 0.25) is 0 Å². The van der Waals surface area contributed by atoms with E-state index in [1.165, 1.54) is 10.4 Å². The lowest BCUT2D eigenvalue weighted by molar-refractivity contribution is 0.546. The standard InChI is InChI=1S/C14H21N5S/c1-9-5-6-20-10(9)8-16-11-7-12(19-15)18-13(17-11)14(2,3)4/h5-7H,8,15H2,1-4H3,(H2,16,17,18,19). The Hall–Kier alpha value is -1.66. The summed E-state index contributed by atoms with van der Waals surface area (Å²) in [5.41, 5.74) is 3.77. The molecule has 0 spiro atoms. The number of thiophene rings is 1. The number of aryl methyl sites for hydroxylation is 1. The second kappa shape index (κ2) is 5.76. The van der Waals surface area contributed by atoms with E-state index in [0.717, 1.165) is 18.2 Å². The molecule has 0 fully saturated rings. The Morgan fingerprint density at radius 3 is 2.50 bits per heavy atom. The van der Waals surface area contributed by atoms with Gasteiger partial charge in [-0.2, -0.15) is 0 Å².